The van der Waals surface area contributed by atoms with Crippen LogP contribution in [0.1, 0.15) is 18.7 Å². The van der Waals surface area contributed by atoms with Gasteiger partial charge in [0, 0.05) is 18.5 Å². The molecule has 2 heterocycles. The summed E-state index contributed by atoms with van der Waals surface area (Å²) in [6.45, 7) is 5.83. The molecule has 2 aromatic rings. The highest BCUT2D eigenvalue weighted by atomic mass is 32.2. The maximum absolute atomic E-state index is 12.1. The molecule has 2 aromatic heterocycles. The maximum atomic E-state index is 12.1. The predicted molar refractivity (Wildman–Crippen MR) is 94.8 cm³/mol. The molecule has 5 nitrogen and oxygen atoms in total. The van der Waals surface area contributed by atoms with Gasteiger partial charge >= 0.3 is 0 Å². The van der Waals surface area contributed by atoms with Crippen LogP contribution < -0.4 is 5.32 Å². The van der Waals surface area contributed by atoms with Gasteiger partial charge in [-0.05, 0) is 17.4 Å². The minimum absolute atomic E-state index is 0.102. The lowest BCUT2D eigenvalue weighted by Gasteiger charge is -2.15. The Kier molecular flexibility index (Phi) is 6.66. The average Bonchev–Trinajstić information content (AvgIpc) is 3.13. The highest BCUT2D eigenvalue weighted by molar-refractivity contribution is 8.01. The summed E-state index contributed by atoms with van der Waals surface area (Å²) < 4.78 is 0.823. The summed E-state index contributed by atoms with van der Waals surface area (Å²) in [6.07, 6.45) is 0. The molecule has 0 radical (unpaired) electrons. The average molecular weight is 357 g/mol. The van der Waals surface area contributed by atoms with Crippen molar-refractivity contribution in [1.29, 1.82) is 0 Å². The van der Waals surface area contributed by atoms with Crippen molar-refractivity contribution in [2.75, 3.05) is 24.7 Å². The number of rotatable bonds is 8. The highest BCUT2D eigenvalue weighted by Crippen LogP contribution is 2.25. The first-order valence-electron chi connectivity index (χ1n) is 7.01. The first-order valence-corrected chi connectivity index (χ1v) is 9.69. The Hall–Kier alpha value is -1.12. The van der Waals surface area contributed by atoms with Gasteiger partial charge in [0.15, 0.2) is 4.34 Å². The number of anilines is 1. The summed E-state index contributed by atoms with van der Waals surface area (Å²) in [4.78, 5) is 15.1. The van der Waals surface area contributed by atoms with E-state index in [0.717, 1.165) is 16.0 Å². The lowest BCUT2D eigenvalue weighted by Crippen LogP contribution is -2.27. The second-order valence-corrected chi connectivity index (χ2v) is 8.50. The molecule has 0 atom stereocenters. The molecule has 0 saturated carbocycles. The quantitative estimate of drug-likeness (QED) is 0.735. The van der Waals surface area contributed by atoms with Gasteiger partial charge in [0.2, 0.25) is 11.0 Å². The summed E-state index contributed by atoms with van der Waals surface area (Å²) in [6, 6.07) is 4.04. The monoisotopic (exact) mass is 356 g/mol. The van der Waals surface area contributed by atoms with Crippen LogP contribution in [0.25, 0.3) is 0 Å². The van der Waals surface area contributed by atoms with E-state index in [2.05, 4.69) is 29.4 Å². The van der Waals surface area contributed by atoms with E-state index in [1.54, 1.807) is 16.2 Å². The number of aromatic nitrogens is 2. The SMILES string of the molecule is CC(C)CNc1nnc(SCC(=O)N(C)Cc2cccs2)s1. The first-order chi connectivity index (χ1) is 10.5. The standard InChI is InChI=1S/C14H20N4OS3/c1-10(2)7-15-13-16-17-14(22-13)21-9-12(19)18(3)8-11-5-4-6-20-11/h4-6,10H,7-9H2,1-3H3,(H,15,16). The van der Waals surface area contributed by atoms with E-state index in [1.165, 1.54) is 28.0 Å². The third-order valence-electron chi connectivity index (χ3n) is 2.79. The molecule has 1 amide bonds. The Morgan fingerprint density at radius 1 is 1.45 bits per heavy atom. The van der Waals surface area contributed by atoms with E-state index in [9.17, 15) is 4.79 Å². The van der Waals surface area contributed by atoms with Crippen LogP contribution in [0.15, 0.2) is 21.9 Å². The third-order valence-corrected chi connectivity index (χ3v) is 5.65. The van der Waals surface area contributed by atoms with E-state index < -0.39 is 0 Å². The molecular weight excluding hydrogens is 336 g/mol. The van der Waals surface area contributed by atoms with Gasteiger partial charge in [0.25, 0.3) is 0 Å². The van der Waals surface area contributed by atoms with Crippen LogP contribution in [0.3, 0.4) is 0 Å². The van der Waals surface area contributed by atoms with Gasteiger partial charge in [-0.3, -0.25) is 4.79 Å². The van der Waals surface area contributed by atoms with E-state index in [1.807, 2.05) is 24.6 Å². The molecule has 0 aromatic carbocycles. The van der Waals surface area contributed by atoms with Crippen LogP contribution in [0, 0.1) is 5.92 Å². The number of hydrogen-bond acceptors (Lipinski definition) is 7. The molecule has 0 spiro atoms. The first kappa shape index (κ1) is 17.2. The topological polar surface area (TPSA) is 58.1 Å². The largest absolute Gasteiger partial charge is 0.360 e. The number of thiophene rings is 1. The zero-order valence-electron chi connectivity index (χ0n) is 12.9. The van der Waals surface area contributed by atoms with E-state index in [4.69, 9.17) is 0 Å². The van der Waals surface area contributed by atoms with E-state index in [-0.39, 0.29) is 5.91 Å². The van der Waals surface area contributed by atoms with Crippen LogP contribution in [-0.4, -0.2) is 40.3 Å². The van der Waals surface area contributed by atoms with Crippen LogP contribution in [-0.2, 0) is 11.3 Å². The molecular formula is C14H20N4OS3. The van der Waals surface area contributed by atoms with E-state index in [0.29, 0.717) is 18.2 Å². The van der Waals surface area contributed by atoms with Crippen LogP contribution >= 0.6 is 34.4 Å². The van der Waals surface area contributed by atoms with Crippen LogP contribution in [0.4, 0.5) is 5.13 Å². The van der Waals surface area contributed by atoms with E-state index >= 15 is 0 Å². The summed E-state index contributed by atoms with van der Waals surface area (Å²) in [5.74, 6) is 1.05. The minimum atomic E-state index is 0.102. The van der Waals surface area contributed by atoms with Gasteiger partial charge in [-0.1, -0.05) is 43.0 Å². The molecule has 1 N–H and O–H groups in total. The number of nitrogens with zero attached hydrogens (tertiary/aromatic N) is 3. The van der Waals surface area contributed by atoms with Crippen LogP contribution in [0.5, 0.6) is 0 Å². The van der Waals surface area contributed by atoms with Crippen molar-refractivity contribution < 1.29 is 4.79 Å². The fourth-order valence-electron chi connectivity index (χ4n) is 1.59. The van der Waals surface area contributed by atoms with Crippen molar-refractivity contribution in [3.8, 4) is 0 Å². The zero-order valence-corrected chi connectivity index (χ0v) is 15.4. The minimum Gasteiger partial charge on any atom is -0.360 e. The summed E-state index contributed by atoms with van der Waals surface area (Å²) in [5.41, 5.74) is 0. The molecule has 0 aliphatic rings. The van der Waals surface area contributed by atoms with Crippen molar-refractivity contribution in [3.63, 3.8) is 0 Å². The third kappa shape index (κ3) is 5.58. The summed E-state index contributed by atoms with van der Waals surface area (Å²) in [7, 11) is 1.83. The Morgan fingerprint density at radius 2 is 2.27 bits per heavy atom. The van der Waals surface area contributed by atoms with Crippen molar-refractivity contribution in [2.45, 2.75) is 24.7 Å². The smallest absolute Gasteiger partial charge is 0.233 e. The van der Waals surface area contributed by atoms with Crippen molar-refractivity contribution in [1.82, 2.24) is 15.1 Å². The number of nitrogens with one attached hydrogen (secondary N) is 1. The van der Waals surface area contributed by atoms with Gasteiger partial charge in [-0.15, -0.1) is 21.5 Å². The summed E-state index contributed by atoms with van der Waals surface area (Å²) in [5, 5.41) is 14.3. The number of hydrogen-bond donors (Lipinski definition) is 1. The lowest BCUT2D eigenvalue weighted by molar-refractivity contribution is -0.127. The van der Waals surface area contributed by atoms with Gasteiger partial charge < -0.3 is 10.2 Å². The molecule has 8 heteroatoms. The van der Waals surface area contributed by atoms with Crippen LogP contribution in [0.2, 0.25) is 0 Å². The highest BCUT2D eigenvalue weighted by Gasteiger charge is 2.12. The number of amides is 1. The van der Waals surface area contributed by atoms with Gasteiger partial charge in [0.1, 0.15) is 0 Å². The van der Waals surface area contributed by atoms with Gasteiger partial charge in [-0.25, -0.2) is 0 Å². The fourth-order valence-corrected chi connectivity index (χ4v) is 4.05. The normalized spacial score (nSPS) is 10.9. The fraction of sp³-hybridized carbons (Fsp3) is 0.500. The molecule has 0 aliphatic carbocycles. The molecule has 0 bridgehead atoms. The number of thioether (sulfide) groups is 1. The second kappa shape index (κ2) is 8.50. The maximum Gasteiger partial charge on any atom is 0.233 e. The molecule has 0 fully saturated rings. The van der Waals surface area contributed by atoms with Crippen molar-refractivity contribution >= 4 is 45.5 Å². The molecule has 120 valence electrons. The van der Waals surface area contributed by atoms with Crippen molar-refractivity contribution in [3.05, 3.63) is 22.4 Å². The Bertz CT molecular complexity index is 583. The Balaban J connectivity index is 1.76. The predicted octanol–water partition coefficient (Wildman–Crippen LogP) is 3.42. The number of carbonyl (C=O) groups excluding carboxylic acids is 1. The molecule has 0 aliphatic heterocycles. The molecule has 2 rings (SSSR count). The zero-order chi connectivity index (χ0) is 15.9. The van der Waals surface area contributed by atoms with Crippen molar-refractivity contribution in [2.24, 2.45) is 5.92 Å². The van der Waals surface area contributed by atoms with Gasteiger partial charge in [0.05, 0.1) is 12.3 Å². The number of carbonyl (C=O) groups is 1. The Labute approximate surface area is 143 Å². The summed E-state index contributed by atoms with van der Waals surface area (Å²) >= 11 is 4.60. The molecule has 22 heavy (non-hydrogen) atoms. The molecule has 0 unspecified atom stereocenters. The Morgan fingerprint density at radius 3 is 2.95 bits per heavy atom. The lowest BCUT2D eigenvalue weighted by atomic mass is 10.2. The second-order valence-electron chi connectivity index (χ2n) is 5.27. The van der Waals surface area contributed by atoms with Gasteiger partial charge in [-0.2, -0.15) is 0 Å². The molecule has 0 saturated heterocycles.